The van der Waals surface area contributed by atoms with E-state index in [1.807, 2.05) is 19.9 Å². The molecule has 1 atom stereocenters. The average Bonchev–Trinajstić information content (AvgIpc) is 2.94. The zero-order chi connectivity index (χ0) is 15.1. The van der Waals surface area contributed by atoms with Crippen LogP contribution in [-0.2, 0) is 16.0 Å². The van der Waals surface area contributed by atoms with E-state index in [4.69, 9.17) is 4.74 Å². The highest BCUT2D eigenvalue weighted by molar-refractivity contribution is 5.76. The highest BCUT2D eigenvalue weighted by atomic mass is 16.5. The Labute approximate surface area is 128 Å². The van der Waals surface area contributed by atoms with Gasteiger partial charge in [-0.15, -0.1) is 0 Å². The molecule has 21 heavy (non-hydrogen) atoms. The molecular formula is C18H27NO2. The molecule has 0 bridgehead atoms. The number of aryl methyl sites for hydroxylation is 1. The number of carbonyl (C=O) groups excluding carboxylic acids is 1. The number of rotatable bonds is 7. The van der Waals surface area contributed by atoms with Gasteiger partial charge in [-0.1, -0.05) is 30.3 Å². The van der Waals surface area contributed by atoms with Crippen molar-refractivity contribution in [2.24, 2.45) is 0 Å². The molecule has 116 valence electrons. The van der Waals surface area contributed by atoms with Crippen molar-refractivity contribution in [3.63, 3.8) is 0 Å². The molecule has 0 N–H and O–H groups in total. The van der Waals surface area contributed by atoms with Crippen LogP contribution < -0.4 is 0 Å². The SMILES string of the molecule is CC(C)OCCC(=O)N1CCCC1CCc1ccccc1. The maximum atomic E-state index is 12.3. The number of amides is 1. The molecule has 1 fully saturated rings. The minimum atomic E-state index is 0.199. The van der Waals surface area contributed by atoms with Crippen LogP contribution in [0.1, 0.15) is 45.1 Å². The van der Waals surface area contributed by atoms with Crippen molar-refractivity contribution < 1.29 is 9.53 Å². The van der Waals surface area contributed by atoms with Gasteiger partial charge >= 0.3 is 0 Å². The molecule has 0 aromatic heterocycles. The van der Waals surface area contributed by atoms with Crippen LogP contribution in [0.2, 0.25) is 0 Å². The van der Waals surface area contributed by atoms with Gasteiger partial charge in [0.25, 0.3) is 0 Å². The molecule has 3 nitrogen and oxygen atoms in total. The lowest BCUT2D eigenvalue weighted by atomic mass is 10.0. The maximum Gasteiger partial charge on any atom is 0.225 e. The lowest BCUT2D eigenvalue weighted by Gasteiger charge is -2.25. The summed E-state index contributed by atoms with van der Waals surface area (Å²) in [6.45, 7) is 5.46. The van der Waals surface area contributed by atoms with Crippen LogP contribution in [0, 0.1) is 0 Å². The number of carbonyl (C=O) groups is 1. The zero-order valence-electron chi connectivity index (χ0n) is 13.3. The molecule has 1 aliphatic rings. The van der Waals surface area contributed by atoms with Gasteiger partial charge in [-0.05, 0) is 45.1 Å². The van der Waals surface area contributed by atoms with Gasteiger partial charge in [0.05, 0.1) is 19.1 Å². The van der Waals surface area contributed by atoms with Crippen LogP contribution in [-0.4, -0.2) is 36.1 Å². The minimum Gasteiger partial charge on any atom is -0.378 e. The topological polar surface area (TPSA) is 29.5 Å². The predicted molar refractivity (Wildman–Crippen MR) is 85.2 cm³/mol. The van der Waals surface area contributed by atoms with Crippen molar-refractivity contribution in [3.8, 4) is 0 Å². The second-order valence-corrected chi connectivity index (χ2v) is 6.08. The van der Waals surface area contributed by atoms with Gasteiger partial charge < -0.3 is 9.64 Å². The van der Waals surface area contributed by atoms with E-state index >= 15 is 0 Å². The van der Waals surface area contributed by atoms with Crippen molar-refractivity contribution in [1.82, 2.24) is 4.90 Å². The number of hydrogen-bond acceptors (Lipinski definition) is 2. The van der Waals surface area contributed by atoms with E-state index < -0.39 is 0 Å². The Morgan fingerprint density at radius 3 is 2.81 bits per heavy atom. The second-order valence-electron chi connectivity index (χ2n) is 6.08. The average molecular weight is 289 g/mol. The van der Waals surface area contributed by atoms with E-state index in [0.717, 1.165) is 32.2 Å². The molecule has 1 aromatic carbocycles. The fraction of sp³-hybridized carbons (Fsp3) is 0.611. The fourth-order valence-corrected chi connectivity index (χ4v) is 2.97. The highest BCUT2D eigenvalue weighted by Gasteiger charge is 2.27. The smallest absolute Gasteiger partial charge is 0.225 e. The molecule has 1 amide bonds. The Bertz CT molecular complexity index is 430. The molecule has 0 saturated carbocycles. The first-order valence-electron chi connectivity index (χ1n) is 8.12. The molecule has 0 spiro atoms. The van der Waals surface area contributed by atoms with Crippen LogP contribution in [0.5, 0.6) is 0 Å². The van der Waals surface area contributed by atoms with Gasteiger partial charge in [-0.2, -0.15) is 0 Å². The number of hydrogen-bond donors (Lipinski definition) is 0. The molecule has 1 saturated heterocycles. The van der Waals surface area contributed by atoms with E-state index in [9.17, 15) is 4.79 Å². The van der Waals surface area contributed by atoms with Gasteiger partial charge in [0, 0.05) is 12.6 Å². The number of benzene rings is 1. The molecule has 1 aromatic rings. The zero-order valence-corrected chi connectivity index (χ0v) is 13.3. The fourth-order valence-electron chi connectivity index (χ4n) is 2.97. The van der Waals surface area contributed by atoms with Crippen molar-refractivity contribution >= 4 is 5.91 Å². The van der Waals surface area contributed by atoms with E-state index in [0.29, 0.717) is 19.1 Å². The molecular weight excluding hydrogens is 262 g/mol. The molecule has 1 unspecified atom stereocenters. The summed E-state index contributed by atoms with van der Waals surface area (Å²) >= 11 is 0. The molecule has 0 aliphatic carbocycles. The van der Waals surface area contributed by atoms with Gasteiger partial charge in [0.2, 0.25) is 5.91 Å². The quantitative estimate of drug-likeness (QED) is 0.769. The standard InChI is InChI=1S/C18H27NO2/c1-15(2)21-14-12-18(20)19-13-6-9-17(19)11-10-16-7-4-3-5-8-16/h3-5,7-8,15,17H,6,9-14H2,1-2H3. The van der Waals surface area contributed by atoms with Gasteiger partial charge in [-0.25, -0.2) is 0 Å². The lowest BCUT2D eigenvalue weighted by Crippen LogP contribution is -2.36. The summed E-state index contributed by atoms with van der Waals surface area (Å²) in [4.78, 5) is 14.4. The Morgan fingerprint density at radius 1 is 1.33 bits per heavy atom. The molecule has 3 heteroatoms. The minimum absolute atomic E-state index is 0.199. The normalized spacial score (nSPS) is 18.4. The largest absolute Gasteiger partial charge is 0.378 e. The number of ether oxygens (including phenoxy) is 1. The second kappa shape index (κ2) is 8.18. The summed E-state index contributed by atoms with van der Waals surface area (Å²) < 4.78 is 5.49. The van der Waals surface area contributed by atoms with Crippen LogP contribution in [0.3, 0.4) is 0 Å². The van der Waals surface area contributed by atoms with Gasteiger partial charge in [0.15, 0.2) is 0 Å². The van der Waals surface area contributed by atoms with Crippen LogP contribution >= 0.6 is 0 Å². The summed E-state index contributed by atoms with van der Waals surface area (Å²) in [6, 6.07) is 10.9. The molecule has 1 heterocycles. The monoisotopic (exact) mass is 289 g/mol. The first-order valence-corrected chi connectivity index (χ1v) is 8.12. The van der Waals surface area contributed by atoms with E-state index in [-0.39, 0.29) is 12.0 Å². The third-order valence-electron chi connectivity index (χ3n) is 4.07. The highest BCUT2D eigenvalue weighted by Crippen LogP contribution is 2.22. The summed E-state index contributed by atoms with van der Waals surface area (Å²) in [5.74, 6) is 0.256. The Kier molecular flexibility index (Phi) is 6.24. The summed E-state index contributed by atoms with van der Waals surface area (Å²) in [5.41, 5.74) is 1.36. The maximum absolute atomic E-state index is 12.3. The molecule has 1 aliphatic heterocycles. The number of likely N-dealkylation sites (tertiary alicyclic amines) is 1. The Morgan fingerprint density at radius 2 is 2.10 bits per heavy atom. The summed E-state index contributed by atoms with van der Waals surface area (Å²) in [6.07, 6.45) is 5.11. The van der Waals surface area contributed by atoms with Gasteiger partial charge in [-0.3, -0.25) is 4.79 Å². The third-order valence-corrected chi connectivity index (χ3v) is 4.07. The lowest BCUT2D eigenvalue weighted by molar-refractivity contribution is -0.133. The Balaban J connectivity index is 1.78. The molecule has 2 rings (SSSR count). The van der Waals surface area contributed by atoms with Gasteiger partial charge in [0.1, 0.15) is 0 Å². The van der Waals surface area contributed by atoms with Crippen molar-refractivity contribution in [2.45, 2.75) is 58.1 Å². The summed E-state index contributed by atoms with van der Waals surface area (Å²) in [5, 5.41) is 0. The van der Waals surface area contributed by atoms with Crippen LogP contribution in [0.25, 0.3) is 0 Å². The predicted octanol–water partition coefficient (Wildman–Crippen LogP) is 3.43. The van der Waals surface area contributed by atoms with E-state index in [1.54, 1.807) is 0 Å². The Hall–Kier alpha value is -1.35. The third kappa shape index (κ3) is 5.16. The van der Waals surface area contributed by atoms with Crippen molar-refractivity contribution in [3.05, 3.63) is 35.9 Å². The first-order chi connectivity index (χ1) is 10.2. The van der Waals surface area contributed by atoms with Crippen molar-refractivity contribution in [1.29, 1.82) is 0 Å². The van der Waals surface area contributed by atoms with Crippen LogP contribution in [0.4, 0.5) is 0 Å². The summed E-state index contributed by atoms with van der Waals surface area (Å²) in [7, 11) is 0. The van der Waals surface area contributed by atoms with Crippen molar-refractivity contribution in [2.75, 3.05) is 13.2 Å². The van der Waals surface area contributed by atoms with E-state index in [1.165, 1.54) is 5.56 Å². The first kappa shape index (κ1) is 16.0. The number of nitrogens with zero attached hydrogens (tertiary/aromatic N) is 1. The van der Waals surface area contributed by atoms with E-state index in [2.05, 4.69) is 29.2 Å². The van der Waals surface area contributed by atoms with Crippen LogP contribution in [0.15, 0.2) is 30.3 Å². The molecule has 0 radical (unpaired) electrons.